The number of carbonyl (C=O) groups is 1. The molecule has 0 aliphatic heterocycles. The van der Waals surface area contributed by atoms with Crippen molar-refractivity contribution < 1.29 is 4.79 Å². The molecule has 4 rings (SSSR count). The van der Waals surface area contributed by atoms with Crippen LogP contribution in [-0.2, 0) is 17.8 Å². The number of thiophene rings is 1. The Balaban J connectivity index is 1.83. The first-order chi connectivity index (χ1) is 15.3. The molecule has 164 valence electrons. The normalized spacial score (nSPS) is 11.1. The lowest BCUT2D eigenvalue weighted by molar-refractivity contribution is -0.116. The Morgan fingerprint density at radius 1 is 1.06 bits per heavy atom. The lowest BCUT2D eigenvalue weighted by Crippen LogP contribution is -2.40. The van der Waals surface area contributed by atoms with Gasteiger partial charge in [-0.25, -0.2) is 9.36 Å². The second-order valence-corrected chi connectivity index (χ2v) is 9.17. The summed E-state index contributed by atoms with van der Waals surface area (Å²) in [7, 11) is 0. The van der Waals surface area contributed by atoms with Crippen molar-refractivity contribution in [1.29, 1.82) is 0 Å². The fraction of sp³-hybridized carbons (Fsp3) is 0.208. The van der Waals surface area contributed by atoms with Crippen molar-refractivity contribution in [2.24, 2.45) is 0 Å². The summed E-state index contributed by atoms with van der Waals surface area (Å²) >= 11 is 7.45. The van der Waals surface area contributed by atoms with E-state index in [4.69, 9.17) is 11.6 Å². The number of fused-ring (bicyclic) bond motifs is 1. The number of halogens is 1. The number of anilines is 1. The molecule has 2 aromatic heterocycles. The molecular weight excluding hydrogens is 446 g/mol. The van der Waals surface area contributed by atoms with Crippen LogP contribution >= 0.6 is 22.9 Å². The molecule has 0 fully saturated rings. The third-order valence-electron chi connectivity index (χ3n) is 5.37. The van der Waals surface area contributed by atoms with Crippen molar-refractivity contribution in [1.82, 2.24) is 9.13 Å². The van der Waals surface area contributed by atoms with E-state index in [9.17, 15) is 14.4 Å². The highest BCUT2D eigenvalue weighted by Crippen LogP contribution is 2.24. The minimum Gasteiger partial charge on any atom is -0.325 e. The van der Waals surface area contributed by atoms with Gasteiger partial charge >= 0.3 is 5.69 Å². The molecule has 6 nitrogen and oxygen atoms in total. The molecule has 0 radical (unpaired) electrons. The molecule has 2 heterocycles. The van der Waals surface area contributed by atoms with Gasteiger partial charge in [0.25, 0.3) is 5.56 Å². The first-order valence-electron chi connectivity index (χ1n) is 10.2. The lowest BCUT2D eigenvalue weighted by Gasteiger charge is -2.13. The van der Waals surface area contributed by atoms with Crippen LogP contribution in [0.1, 0.15) is 22.9 Å². The van der Waals surface area contributed by atoms with Crippen molar-refractivity contribution in [3.05, 3.63) is 90.4 Å². The van der Waals surface area contributed by atoms with Crippen LogP contribution in [0.3, 0.4) is 0 Å². The highest BCUT2D eigenvalue weighted by Gasteiger charge is 2.19. The number of hydrogen-bond acceptors (Lipinski definition) is 4. The van der Waals surface area contributed by atoms with E-state index in [-0.39, 0.29) is 12.5 Å². The number of aryl methyl sites for hydroxylation is 3. The summed E-state index contributed by atoms with van der Waals surface area (Å²) in [6.07, 6.45) is 0.721. The monoisotopic (exact) mass is 467 g/mol. The van der Waals surface area contributed by atoms with E-state index in [0.29, 0.717) is 26.6 Å². The molecule has 0 bridgehead atoms. The predicted molar refractivity (Wildman–Crippen MR) is 131 cm³/mol. The average Bonchev–Trinajstić information content (AvgIpc) is 3.19. The topological polar surface area (TPSA) is 73.1 Å². The smallest absolute Gasteiger partial charge is 0.325 e. The molecule has 8 heteroatoms. The number of nitrogens with one attached hydrogen (secondary N) is 1. The average molecular weight is 468 g/mol. The first kappa shape index (κ1) is 22.0. The van der Waals surface area contributed by atoms with Crippen molar-refractivity contribution in [2.45, 2.75) is 33.7 Å². The first-order valence-corrected chi connectivity index (χ1v) is 11.4. The summed E-state index contributed by atoms with van der Waals surface area (Å²) in [6, 6.07) is 14.0. The molecule has 0 atom stereocenters. The van der Waals surface area contributed by atoms with E-state index in [1.54, 1.807) is 30.3 Å². The molecule has 0 aliphatic carbocycles. The molecule has 2 aromatic carbocycles. The standard InChI is InChI=1S/C24H22ClN3O3S/c1-4-19-12-20-22(30)28(18-7-5-6-16(25)11-18)24(31)27(23(20)32-19)13-21(29)26-17-9-8-14(2)15(3)10-17/h5-12H,4,13H2,1-3H3,(H,26,29). The second kappa shape index (κ2) is 8.76. The van der Waals surface area contributed by atoms with E-state index in [2.05, 4.69) is 5.32 Å². The number of benzene rings is 2. The van der Waals surface area contributed by atoms with Crippen LogP contribution in [0.5, 0.6) is 0 Å². The molecule has 0 aliphatic rings. The Kier molecular flexibility index (Phi) is 6.04. The summed E-state index contributed by atoms with van der Waals surface area (Å²) in [6.45, 7) is 5.73. The van der Waals surface area contributed by atoms with Crippen LogP contribution in [0.4, 0.5) is 5.69 Å². The Hall–Kier alpha value is -3.16. The van der Waals surface area contributed by atoms with Crippen molar-refractivity contribution in [2.75, 3.05) is 5.32 Å². The maximum absolute atomic E-state index is 13.4. The molecule has 4 aromatic rings. The quantitative estimate of drug-likeness (QED) is 0.463. The molecule has 0 spiro atoms. The number of carbonyl (C=O) groups excluding carboxylic acids is 1. The summed E-state index contributed by atoms with van der Waals surface area (Å²) in [5, 5.41) is 3.67. The van der Waals surface area contributed by atoms with E-state index < -0.39 is 11.2 Å². The van der Waals surface area contributed by atoms with E-state index in [1.807, 2.05) is 39.0 Å². The summed E-state index contributed by atoms with van der Waals surface area (Å²) in [5.41, 5.74) is 2.20. The molecule has 32 heavy (non-hydrogen) atoms. The van der Waals surface area contributed by atoms with E-state index in [0.717, 1.165) is 27.0 Å². The van der Waals surface area contributed by atoms with Gasteiger partial charge in [0, 0.05) is 15.6 Å². The van der Waals surface area contributed by atoms with Gasteiger partial charge < -0.3 is 5.32 Å². The third kappa shape index (κ3) is 4.13. The molecule has 1 N–H and O–H groups in total. The summed E-state index contributed by atoms with van der Waals surface area (Å²) in [4.78, 5) is 40.9. The predicted octanol–water partition coefficient (Wildman–Crippen LogP) is 4.69. The van der Waals surface area contributed by atoms with Gasteiger partial charge in [0.05, 0.1) is 11.1 Å². The number of hydrogen-bond donors (Lipinski definition) is 1. The van der Waals surface area contributed by atoms with Gasteiger partial charge in [-0.15, -0.1) is 11.3 Å². The Bertz CT molecular complexity index is 1470. The maximum atomic E-state index is 13.4. The van der Waals surface area contributed by atoms with Crippen LogP contribution in [0.15, 0.2) is 58.1 Å². The number of rotatable bonds is 5. The molecule has 1 amide bonds. The fourth-order valence-corrected chi connectivity index (χ4v) is 4.78. The molecule has 0 saturated heterocycles. The third-order valence-corrected chi connectivity index (χ3v) is 6.91. The SMILES string of the molecule is CCc1cc2c(=O)n(-c3cccc(Cl)c3)c(=O)n(CC(=O)Nc3ccc(C)c(C)c3)c2s1. The lowest BCUT2D eigenvalue weighted by atomic mass is 10.1. The van der Waals surface area contributed by atoms with Crippen LogP contribution in [0, 0.1) is 13.8 Å². The number of amides is 1. The van der Waals surface area contributed by atoms with Crippen molar-refractivity contribution >= 4 is 44.7 Å². The van der Waals surface area contributed by atoms with Crippen LogP contribution < -0.4 is 16.6 Å². The zero-order chi connectivity index (χ0) is 23.0. The van der Waals surface area contributed by atoms with Crippen LogP contribution in [0.2, 0.25) is 5.02 Å². The van der Waals surface area contributed by atoms with Crippen LogP contribution in [-0.4, -0.2) is 15.0 Å². The zero-order valence-corrected chi connectivity index (χ0v) is 19.5. The van der Waals surface area contributed by atoms with Gasteiger partial charge in [-0.1, -0.05) is 30.7 Å². The minimum atomic E-state index is -0.579. The van der Waals surface area contributed by atoms with Gasteiger partial charge in [0.2, 0.25) is 5.91 Å². The van der Waals surface area contributed by atoms with Gasteiger partial charge in [0.1, 0.15) is 11.4 Å². The van der Waals surface area contributed by atoms with Gasteiger partial charge in [-0.05, 0) is 67.8 Å². The Labute approximate surface area is 193 Å². The minimum absolute atomic E-state index is 0.216. The number of nitrogens with zero attached hydrogens (tertiary/aromatic N) is 2. The highest BCUT2D eigenvalue weighted by atomic mass is 35.5. The van der Waals surface area contributed by atoms with Gasteiger partial charge in [-0.2, -0.15) is 0 Å². The molecule has 0 saturated carbocycles. The van der Waals surface area contributed by atoms with Gasteiger partial charge in [-0.3, -0.25) is 14.2 Å². The van der Waals surface area contributed by atoms with Crippen molar-refractivity contribution in [3.8, 4) is 5.69 Å². The summed E-state index contributed by atoms with van der Waals surface area (Å²) < 4.78 is 2.43. The van der Waals surface area contributed by atoms with Crippen LogP contribution in [0.25, 0.3) is 15.9 Å². The largest absolute Gasteiger partial charge is 0.337 e. The van der Waals surface area contributed by atoms with E-state index in [1.165, 1.54) is 15.9 Å². The Morgan fingerprint density at radius 2 is 1.84 bits per heavy atom. The van der Waals surface area contributed by atoms with Gasteiger partial charge in [0.15, 0.2) is 0 Å². The Morgan fingerprint density at radius 3 is 2.53 bits per heavy atom. The maximum Gasteiger partial charge on any atom is 0.337 e. The highest BCUT2D eigenvalue weighted by molar-refractivity contribution is 7.18. The fourth-order valence-electron chi connectivity index (χ4n) is 3.52. The van der Waals surface area contributed by atoms with E-state index >= 15 is 0 Å². The van der Waals surface area contributed by atoms with Crippen molar-refractivity contribution in [3.63, 3.8) is 0 Å². The molecular formula is C24H22ClN3O3S. The zero-order valence-electron chi connectivity index (χ0n) is 17.9. The summed E-state index contributed by atoms with van der Waals surface area (Å²) in [5.74, 6) is -0.348. The second-order valence-electron chi connectivity index (χ2n) is 7.62. The molecule has 0 unspecified atom stereocenters. The number of aromatic nitrogens is 2.